The van der Waals surface area contributed by atoms with E-state index in [1.165, 1.54) is 17.0 Å². The zero-order valence-electron chi connectivity index (χ0n) is 17.5. The summed E-state index contributed by atoms with van der Waals surface area (Å²) in [5, 5.41) is 16.2. The first-order valence-electron chi connectivity index (χ1n) is 9.25. The van der Waals surface area contributed by atoms with Gasteiger partial charge in [0.05, 0.1) is 19.0 Å². The summed E-state index contributed by atoms with van der Waals surface area (Å²) in [6.07, 6.45) is -1.80. The first-order valence-corrected chi connectivity index (χ1v) is 9.25. The van der Waals surface area contributed by atoms with Crippen molar-refractivity contribution in [3.05, 3.63) is 66.2 Å². The molecule has 8 nitrogen and oxygen atoms in total. The number of aromatic amines is 1. The van der Waals surface area contributed by atoms with Crippen molar-refractivity contribution in [3.63, 3.8) is 0 Å². The first-order chi connectivity index (χ1) is 15.5. The van der Waals surface area contributed by atoms with E-state index in [2.05, 4.69) is 15.5 Å². The number of nitrogens with zero attached hydrogens (tertiary/aromatic N) is 2. The summed E-state index contributed by atoms with van der Waals surface area (Å²) in [6.45, 7) is 0.373. The number of ether oxygens (including phenoxy) is 1. The van der Waals surface area contributed by atoms with Gasteiger partial charge < -0.3 is 20.1 Å². The van der Waals surface area contributed by atoms with Crippen molar-refractivity contribution >= 4 is 17.7 Å². The van der Waals surface area contributed by atoms with Gasteiger partial charge in [-0.15, -0.1) is 0 Å². The van der Waals surface area contributed by atoms with Crippen LogP contribution < -0.4 is 10.1 Å². The van der Waals surface area contributed by atoms with Gasteiger partial charge in [-0.25, -0.2) is 14.0 Å². The quantitative estimate of drug-likeness (QED) is 0.477. The molecule has 12 heteroatoms. The molecule has 0 atom stereocenters. The molecule has 33 heavy (non-hydrogen) atoms. The second-order valence-electron chi connectivity index (χ2n) is 6.62. The van der Waals surface area contributed by atoms with Crippen LogP contribution in [0.3, 0.4) is 0 Å². The fourth-order valence-corrected chi connectivity index (χ4v) is 2.53. The van der Waals surface area contributed by atoms with Gasteiger partial charge in [-0.05, 0) is 35.4 Å². The number of halogens is 4. The predicted molar refractivity (Wildman–Crippen MR) is 111 cm³/mol. The molecule has 0 aliphatic carbocycles. The van der Waals surface area contributed by atoms with Crippen LogP contribution >= 0.6 is 0 Å². The van der Waals surface area contributed by atoms with Crippen LogP contribution in [0.25, 0.3) is 11.1 Å². The van der Waals surface area contributed by atoms with E-state index in [4.69, 9.17) is 14.6 Å². The Balaban J connectivity index is 0.000000479. The van der Waals surface area contributed by atoms with Gasteiger partial charge in [-0.2, -0.15) is 18.3 Å². The van der Waals surface area contributed by atoms with E-state index in [1.54, 1.807) is 32.6 Å². The third-order valence-corrected chi connectivity index (χ3v) is 4.19. The monoisotopic (exact) mass is 468 g/mol. The predicted octanol–water partition coefficient (Wildman–Crippen LogP) is 4.52. The number of H-pyrrole nitrogens is 1. The summed E-state index contributed by atoms with van der Waals surface area (Å²) < 4.78 is 51.2. The van der Waals surface area contributed by atoms with Gasteiger partial charge in [0.25, 0.3) is 0 Å². The topological polar surface area (TPSA) is 108 Å². The van der Waals surface area contributed by atoms with E-state index in [1.807, 2.05) is 24.3 Å². The number of carboxylic acids is 1. The number of methoxy groups -OCH3 is 1. The number of aromatic nitrogens is 2. The van der Waals surface area contributed by atoms with Crippen molar-refractivity contribution in [1.82, 2.24) is 15.1 Å². The van der Waals surface area contributed by atoms with Gasteiger partial charge in [-0.3, -0.25) is 5.10 Å². The molecule has 2 aromatic carbocycles. The van der Waals surface area contributed by atoms with Crippen LogP contribution in [0.2, 0.25) is 0 Å². The van der Waals surface area contributed by atoms with Crippen molar-refractivity contribution in [2.24, 2.45) is 0 Å². The molecule has 0 radical (unpaired) electrons. The normalized spacial score (nSPS) is 10.6. The molecule has 0 spiro atoms. The Kier molecular flexibility index (Phi) is 8.37. The molecule has 3 aromatic rings. The van der Waals surface area contributed by atoms with Crippen molar-refractivity contribution in [3.8, 4) is 16.9 Å². The smallest absolute Gasteiger partial charge is 0.490 e. The van der Waals surface area contributed by atoms with E-state index < -0.39 is 24.0 Å². The number of amides is 2. The third kappa shape index (κ3) is 7.52. The highest BCUT2D eigenvalue weighted by Crippen LogP contribution is 2.24. The maximum Gasteiger partial charge on any atom is 0.490 e. The Hall–Kier alpha value is -4.09. The molecule has 3 rings (SSSR count). The summed E-state index contributed by atoms with van der Waals surface area (Å²) in [6, 6.07) is 11.7. The molecule has 0 saturated heterocycles. The molecular formula is C21H20F4N4O4. The lowest BCUT2D eigenvalue weighted by molar-refractivity contribution is -0.192. The number of alkyl halides is 3. The van der Waals surface area contributed by atoms with Crippen LogP contribution in [0.5, 0.6) is 5.75 Å². The lowest BCUT2D eigenvalue weighted by Gasteiger charge is -2.19. The number of carbonyl (C=O) groups is 2. The average Bonchev–Trinajstić information content (AvgIpc) is 3.30. The highest BCUT2D eigenvalue weighted by molar-refractivity contribution is 5.89. The van der Waals surface area contributed by atoms with E-state index in [0.29, 0.717) is 12.1 Å². The fourth-order valence-electron chi connectivity index (χ4n) is 2.53. The number of benzene rings is 2. The van der Waals surface area contributed by atoms with Crippen molar-refractivity contribution < 1.29 is 37.0 Å². The maximum atomic E-state index is 14.3. The largest absolute Gasteiger partial charge is 0.497 e. The van der Waals surface area contributed by atoms with Crippen LogP contribution in [0.4, 0.5) is 28.0 Å². The van der Waals surface area contributed by atoms with Gasteiger partial charge in [0.2, 0.25) is 0 Å². The number of aliphatic carboxylic acids is 1. The van der Waals surface area contributed by atoms with Crippen LogP contribution in [0, 0.1) is 5.82 Å². The molecular weight excluding hydrogens is 448 g/mol. The zero-order valence-corrected chi connectivity index (χ0v) is 17.5. The molecule has 0 saturated carbocycles. The minimum atomic E-state index is -5.08. The van der Waals surface area contributed by atoms with Crippen molar-refractivity contribution in [2.75, 3.05) is 19.5 Å². The molecule has 0 aliphatic heterocycles. The van der Waals surface area contributed by atoms with Gasteiger partial charge in [0.15, 0.2) is 0 Å². The van der Waals surface area contributed by atoms with Crippen LogP contribution in [0.1, 0.15) is 5.56 Å². The van der Waals surface area contributed by atoms with Crippen molar-refractivity contribution in [2.45, 2.75) is 12.7 Å². The Morgan fingerprint density at radius 1 is 1.18 bits per heavy atom. The highest BCUT2D eigenvalue weighted by atomic mass is 19.4. The Morgan fingerprint density at radius 3 is 2.42 bits per heavy atom. The Labute approximate surface area is 185 Å². The van der Waals surface area contributed by atoms with Crippen molar-refractivity contribution in [1.29, 1.82) is 0 Å². The standard InChI is InChI=1S/C19H19FN4O2.C2HF3O2/c1-24(12-13-4-3-5-16(8-13)26-2)19(25)23-18-7-6-14(9-17(18)20)15-10-21-22-11-15;3-2(4,5)1(6)7/h3-11H,12H2,1-2H3,(H,21,22)(H,23,25);(H,6,7). The molecule has 0 bridgehead atoms. The lowest BCUT2D eigenvalue weighted by atomic mass is 10.1. The minimum absolute atomic E-state index is 0.125. The van der Waals surface area contributed by atoms with Gasteiger partial charge in [-0.1, -0.05) is 18.2 Å². The first kappa shape index (κ1) is 25.2. The van der Waals surface area contributed by atoms with E-state index in [9.17, 15) is 22.4 Å². The summed E-state index contributed by atoms with van der Waals surface area (Å²) in [5.41, 5.74) is 2.49. The Bertz CT molecular complexity index is 1090. The molecule has 2 amide bonds. The van der Waals surface area contributed by atoms with E-state index in [-0.39, 0.29) is 5.69 Å². The van der Waals surface area contributed by atoms with Gasteiger partial charge in [0.1, 0.15) is 11.6 Å². The number of urea groups is 1. The maximum absolute atomic E-state index is 14.3. The summed E-state index contributed by atoms with van der Waals surface area (Å²) >= 11 is 0. The molecule has 0 aliphatic rings. The number of rotatable bonds is 5. The van der Waals surface area contributed by atoms with Crippen LogP contribution in [-0.4, -0.2) is 52.5 Å². The molecule has 1 heterocycles. The lowest BCUT2D eigenvalue weighted by Crippen LogP contribution is -2.31. The average molecular weight is 468 g/mol. The Morgan fingerprint density at radius 2 is 1.88 bits per heavy atom. The molecule has 1 aromatic heterocycles. The molecule has 0 unspecified atom stereocenters. The second-order valence-corrected chi connectivity index (χ2v) is 6.62. The molecule has 3 N–H and O–H groups in total. The third-order valence-electron chi connectivity index (χ3n) is 4.19. The summed E-state index contributed by atoms with van der Waals surface area (Å²) in [5.74, 6) is -2.54. The molecule has 0 fully saturated rings. The van der Waals surface area contributed by atoms with Crippen LogP contribution in [0.15, 0.2) is 54.9 Å². The molecule has 176 valence electrons. The number of hydrogen-bond donors (Lipinski definition) is 3. The fraction of sp³-hybridized carbons (Fsp3) is 0.190. The van der Waals surface area contributed by atoms with Gasteiger partial charge in [0, 0.05) is 25.4 Å². The SMILES string of the molecule is COc1cccc(CN(C)C(=O)Nc2ccc(-c3cn[nH]c3)cc2F)c1.O=C(O)C(F)(F)F. The number of nitrogens with one attached hydrogen (secondary N) is 2. The second kappa shape index (κ2) is 11.0. The summed E-state index contributed by atoms with van der Waals surface area (Å²) in [4.78, 5) is 22.7. The summed E-state index contributed by atoms with van der Waals surface area (Å²) in [7, 11) is 3.23. The highest BCUT2D eigenvalue weighted by Gasteiger charge is 2.38. The number of hydrogen-bond acceptors (Lipinski definition) is 4. The number of carbonyl (C=O) groups excluding carboxylic acids is 1. The minimum Gasteiger partial charge on any atom is -0.497 e. The number of carboxylic acid groups (broad SMARTS) is 1. The van der Waals surface area contributed by atoms with Gasteiger partial charge >= 0.3 is 18.2 Å². The number of anilines is 1. The van der Waals surface area contributed by atoms with E-state index >= 15 is 0 Å². The van der Waals surface area contributed by atoms with Crippen LogP contribution in [-0.2, 0) is 11.3 Å². The zero-order chi connectivity index (χ0) is 24.6. The van der Waals surface area contributed by atoms with E-state index in [0.717, 1.165) is 16.9 Å².